The minimum atomic E-state index is -0.789. The van der Waals surface area contributed by atoms with Crippen LogP contribution in [-0.4, -0.2) is 5.78 Å². The molecule has 92 valence electrons. The van der Waals surface area contributed by atoms with Crippen molar-refractivity contribution in [1.82, 2.24) is 0 Å². The maximum Gasteiger partial charge on any atom is 0.196 e. The molecule has 2 aromatic carbocycles. The Morgan fingerprint density at radius 3 is 2.17 bits per heavy atom. The summed E-state index contributed by atoms with van der Waals surface area (Å²) in [7, 11) is 0. The van der Waals surface area contributed by atoms with Gasteiger partial charge in [0.25, 0.3) is 0 Å². The van der Waals surface area contributed by atoms with Crippen LogP contribution in [0.2, 0.25) is 0 Å². The second kappa shape index (κ2) is 4.64. The molecule has 0 aromatic heterocycles. The molecule has 2 aromatic rings. The van der Waals surface area contributed by atoms with E-state index in [0.717, 1.165) is 24.3 Å². The molecule has 0 aliphatic rings. The minimum Gasteiger partial charge on any atom is -0.288 e. The van der Waals surface area contributed by atoms with Crippen LogP contribution in [0.4, 0.5) is 13.2 Å². The smallest absolute Gasteiger partial charge is 0.196 e. The Morgan fingerprint density at radius 2 is 1.56 bits per heavy atom. The van der Waals surface area contributed by atoms with Gasteiger partial charge in [-0.25, -0.2) is 13.2 Å². The third-order valence-corrected chi connectivity index (χ3v) is 2.60. The van der Waals surface area contributed by atoms with Gasteiger partial charge in [-0.05, 0) is 48.9 Å². The van der Waals surface area contributed by atoms with Crippen molar-refractivity contribution >= 4 is 5.78 Å². The third-order valence-electron chi connectivity index (χ3n) is 2.60. The molecule has 0 saturated carbocycles. The van der Waals surface area contributed by atoms with Crippen molar-refractivity contribution in [2.45, 2.75) is 6.92 Å². The summed E-state index contributed by atoms with van der Waals surface area (Å²) in [6.45, 7) is 1.41. The van der Waals surface area contributed by atoms with E-state index >= 15 is 0 Å². The predicted molar refractivity (Wildman–Crippen MR) is 60.9 cm³/mol. The molecule has 0 spiro atoms. The SMILES string of the molecule is Cc1cc(F)c(C(=O)c2ccc(F)cc2)cc1F. The first-order chi connectivity index (χ1) is 8.49. The summed E-state index contributed by atoms with van der Waals surface area (Å²) in [5.41, 5.74) is -0.119. The van der Waals surface area contributed by atoms with Crippen LogP contribution in [-0.2, 0) is 0 Å². The Bertz CT molecular complexity index is 603. The lowest BCUT2D eigenvalue weighted by atomic mass is 10.0. The lowest BCUT2D eigenvalue weighted by Gasteiger charge is -2.05. The number of halogens is 3. The van der Waals surface area contributed by atoms with Gasteiger partial charge >= 0.3 is 0 Å². The summed E-state index contributed by atoms with van der Waals surface area (Å²) >= 11 is 0. The maximum atomic E-state index is 13.6. The van der Waals surface area contributed by atoms with Crippen LogP contribution in [0.15, 0.2) is 36.4 Å². The van der Waals surface area contributed by atoms with Gasteiger partial charge in [-0.15, -0.1) is 0 Å². The van der Waals surface area contributed by atoms with E-state index < -0.39 is 23.2 Å². The summed E-state index contributed by atoms with van der Waals surface area (Å²) in [4.78, 5) is 11.9. The van der Waals surface area contributed by atoms with Crippen LogP contribution >= 0.6 is 0 Å². The quantitative estimate of drug-likeness (QED) is 0.743. The van der Waals surface area contributed by atoms with Gasteiger partial charge in [0.1, 0.15) is 17.5 Å². The number of hydrogen-bond acceptors (Lipinski definition) is 1. The molecular weight excluding hydrogens is 241 g/mol. The van der Waals surface area contributed by atoms with Crippen molar-refractivity contribution in [3.05, 3.63) is 70.5 Å². The molecule has 0 unspecified atom stereocenters. The molecular formula is C14H9F3O. The molecule has 0 saturated heterocycles. The highest BCUT2D eigenvalue weighted by molar-refractivity contribution is 6.09. The summed E-state index contributed by atoms with van der Waals surface area (Å²) in [6.07, 6.45) is 0. The molecule has 2 rings (SSSR count). The Hall–Kier alpha value is -2.10. The van der Waals surface area contributed by atoms with E-state index in [1.54, 1.807) is 0 Å². The van der Waals surface area contributed by atoms with Gasteiger partial charge in [-0.3, -0.25) is 4.79 Å². The van der Waals surface area contributed by atoms with Crippen molar-refractivity contribution < 1.29 is 18.0 Å². The van der Waals surface area contributed by atoms with Crippen molar-refractivity contribution in [2.24, 2.45) is 0 Å². The minimum absolute atomic E-state index is 0.110. The highest BCUT2D eigenvalue weighted by Gasteiger charge is 2.16. The number of ketones is 1. The number of hydrogen-bond donors (Lipinski definition) is 0. The third kappa shape index (κ3) is 2.27. The normalized spacial score (nSPS) is 10.4. The number of benzene rings is 2. The topological polar surface area (TPSA) is 17.1 Å². The summed E-state index contributed by atoms with van der Waals surface area (Å²) in [5, 5.41) is 0. The molecule has 0 heterocycles. The van der Waals surface area contributed by atoms with Crippen LogP contribution in [0.25, 0.3) is 0 Å². The van der Waals surface area contributed by atoms with E-state index in [1.165, 1.54) is 19.1 Å². The fourth-order valence-corrected chi connectivity index (χ4v) is 1.58. The molecule has 0 fully saturated rings. The van der Waals surface area contributed by atoms with E-state index in [4.69, 9.17) is 0 Å². The second-order valence-corrected chi connectivity index (χ2v) is 3.92. The number of carbonyl (C=O) groups is 1. The average Bonchev–Trinajstić information content (AvgIpc) is 2.34. The van der Waals surface area contributed by atoms with Crippen LogP contribution in [0.3, 0.4) is 0 Å². The lowest BCUT2D eigenvalue weighted by Crippen LogP contribution is -2.06. The zero-order chi connectivity index (χ0) is 13.3. The molecule has 18 heavy (non-hydrogen) atoms. The molecule has 0 radical (unpaired) electrons. The maximum absolute atomic E-state index is 13.6. The molecule has 0 N–H and O–H groups in total. The molecule has 0 atom stereocenters. The Kier molecular flexibility index (Phi) is 3.19. The summed E-state index contributed by atoms with van der Waals surface area (Å²) in [6, 6.07) is 6.47. The summed E-state index contributed by atoms with van der Waals surface area (Å²) < 4.78 is 39.6. The zero-order valence-corrected chi connectivity index (χ0v) is 9.51. The van der Waals surface area contributed by atoms with Gasteiger partial charge in [-0.2, -0.15) is 0 Å². The largest absolute Gasteiger partial charge is 0.288 e. The van der Waals surface area contributed by atoms with Gasteiger partial charge < -0.3 is 0 Å². The number of carbonyl (C=O) groups excluding carboxylic acids is 1. The monoisotopic (exact) mass is 250 g/mol. The van der Waals surface area contributed by atoms with Gasteiger partial charge in [0, 0.05) is 5.56 Å². The van der Waals surface area contributed by atoms with E-state index in [0.29, 0.717) is 0 Å². The summed E-state index contributed by atoms with van der Waals surface area (Å²) in [5.74, 6) is -2.61. The fourth-order valence-electron chi connectivity index (χ4n) is 1.58. The predicted octanol–water partition coefficient (Wildman–Crippen LogP) is 3.64. The van der Waals surface area contributed by atoms with Crippen LogP contribution in [0.1, 0.15) is 21.5 Å². The van der Waals surface area contributed by atoms with Crippen LogP contribution in [0, 0.1) is 24.4 Å². The first kappa shape index (κ1) is 12.4. The molecule has 4 heteroatoms. The van der Waals surface area contributed by atoms with E-state index in [2.05, 4.69) is 0 Å². The van der Waals surface area contributed by atoms with Gasteiger partial charge in [-0.1, -0.05) is 0 Å². The van der Waals surface area contributed by atoms with Crippen molar-refractivity contribution in [2.75, 3.05) is 0 Å². The van der Waals surface area contributed by atoms with E-state index in [9.17, 15) is 18.0 Å². The lowest BCUT2D eigenvalue weighted by molar-refractivity contribution is 0.103. The van der Waals surface area contributed by atoms with Gasteiger partial charge in [0.15, 0.2) is 5.78 Å². The molecule has 0 bridgehead atoms. The van der Waals surface area contributed by atoms with Crippen LogP contribution < -0.4 is 0 Å². The Balaban J connectivity index is 2.46. The first-order valence-corrected chi connectivity index (χ1v) is 5.25. The first-order valence-electron chi connectivity index (χ1n) is 5.25. The number of aryl methyl sites for hydroxylation is 1. The van der Waals surface area contributed by atoms with E-state index in [-0.39, 0.29) is 16.7 Å². The van der Waals surface area contributed by atoms with E-state index in [1.807, 2.05) is 0 Å². The Labute approximate surface area is 102 Å². The zero-order valence-electron chi connectivity index (χ0n) is 9.51. The van der Waals surface area contributed by atoms with Crippen molar-refractivity contribution in [1.29, 1.82) is 0 Å². The average molecular weight is 250 g/mol. The number of rotatable bonds is 2. The molecule has 1 nitrogen and oxygen atoms in total. The van der Waals surface area contributed by atoms with Crippen molar-refractivity contribution in [3.8, 4) is 0 Å². The molecule has 0 aliphatic carbocycles. The standard InChI is InChI=1S/C14H9F3O/c1-8-6-13(17)11(7-12(8)16)14(18)9-2-4-10(15)5-3-9/h2-7H,1H3. The Morgan fingerprint density at radius 1 is 0.944 bits per heavy atom. The fraction of sp³-hybridized carbons (Fsp3) is 0.0714. The highest BCUT2D eigenvalue weighted by atomic mass is 19.1. The molecule has 0 amide bonds. The van der Waals surface area contributed by atoms with Gasteiger partial charge in [0.05, 0.1) is 5.56 Å². The molecule has 0 aliphatic heterocycles. The second-order valence-electron chi connectivity index (χ2n) is 3.92. The van der Waals surface area contributed by atoms with Gasteiger partial charge in [0.2, 0.25) is 0 Å². The van der Waals surface area contributed by atoms with Crippen molar-refractivity contribution in [3.63, 3.8) is 0 Å². The highest BCUT2D eigenvalue weighted by Crippen LogP contribution is 2.18. The van der Waals surface area contributed by atoms with Crippen LogP contribution in [0.5, 0.6) is 0 Å².